The van der Waals surface area contributed by atoms with Crippen molar-refractivity contribution in [2.45, 2.75) is 12.5 Å². The van der Waals surface area contributed by atoms with E-state index in [0.717, 1.165) is 16.7 Å². The van der Waals surface area contributed by atoms with Crippen LogP contribution in [0.15, 0.2) is 61.2 Å². The highest BCUT2D eigenvalue weighted by molar-refractivity contribution is 5.61. The fraction of sp³-hybridized carbons (Fsp3) is 0.111. The van der Waals surface area contributed by atoms with Gasteiger partial charge in [-0.05, 0) is 35.9 Å². The molecule has 0 fully saturated rings. The number of nitrogens with zero attached hydrogens (tertiary/aromatic N) is 4. The Balaban J connectivity index is 1.74. The average Bonchev–Trinajstić information content (AvgIpc) is 2.63. The van der Waals surface area contributed by atoms with Crippen LogP contribution in [0.4, 0.5) is 0 Å². The summed E-state index contributed by atoms with van der Waals surface area (Å²) < 4.78 is 0. The van der Waals surface area contributed by atoms with Gasteiger partial charge in [-0.2, -0.15) is 5.26 Å². The fourth-order valence-electron chi connectivity index (χ4n) is 2.25. The molecule has 3 rings (SSSR count). The van der Waals surface area contributed by atoms with E-state index in [1.807, 2.05) is 30.3 Å². The number of aliphatic hydroxyl groups is 1. The largest absolute Gasteiger partial charge is 0.386 e. The number of nitriles is 1. The number of hydrogen-bond donors (Lipinski definition) is 1. The maximum Gasteiger partial charge on any atom is 0.140 e. The van der Waals surface area contributed by atoms with Crippen LogP contribution in [-0.2, 0) is 6.42 Å². The van der Waals surface area contributed by atoms with Gasteiger partial charge in [0, 0.05) is 42.3 Å². The molecule has 0 aromatic carbocycles. The normalized spacial score (nSPS) is 11.7. The molecule has 1 unspecified atom stereocenters. The molecule has 0 saturated carbocycles. The molecular formula is C18H14N4O. The Morgan fingerprint density at radius 1 is 0.957 bits per heavy atom. The summed E-state index contributed by atoms with van der Waals surface area (Å²) in [4.78, 5) is 12.3. The van der Waals surface area contributed by atoms with Crippen LogP contribution in [0.25, 0.3) is 11.1 Å². The highest BCUT2D eigenvalue weighted by Gasteiger charge is 2.10. The van der Waals surface area contributed by atoms with Gasteiger partial charge < -0.3 is 5.11 Å². The summed E-state index contributed by atoms with van der Waals surface area (Å²) in [5.41, 5.74) is 3.78. The molecule has 0 spiro atoms. The van der Waals surface area contributed by atoms with Crippen molar-refractivity contribution in [2.75, 3.05) is 0 Å². The van der Waals surface area contributed by atoms with Gasteiger partial charge in [0.05, 0.1) is 11.8 Å². The van der Waals surface area contributed by atoms with Crippen molar-refractivity contribution in [1.82, 2.24) is 15.0 Å². The van der Waals surface area contributed by atoms with Crippen LogP contribution in [0.1, 0.15) is 23.1 Å². The lowest BCUT2D eigenvalue weighted by molar-refractivity contribution is 0.173. The van der Waals surface area contributed by atoms with Crippen LogP contribution in [0, 0.1) is 11.3 Å². The quantitative estimate of drug-likeness (QED) is 0.801. The summed E-state index contributed by atoms with van der Waals surface area (Å²) >= 11 is 0. The Labute approximate surface area is 133 Å². The Morgan fingerprint density at radius 2 is 1.65 bits per heavy atom. The van der Waals surface area contributed by atoms with Crippen molar-refractivity contribution < 1.29 is 5.11 Å². The van der Waals surface area contributed by atoms with E-state index in [1.54, 1.807) is 36.9 Å². The Kier molecular flexibility index (Phi) is 4.37. The predicted molar refractivity (Wildman–Crippen MR) is 85.1 cm³/mol. The van der Waals surface area contributed by atoms with Crippen molar-refractivity contribution >= 4 is 0 Å². The van der Waals surface area contributed by atoms with Crippen molar-refractivity contribution in [3.63, 3.8) is 0 Å². The minimum Gasteiger partial charge on any atom is -0.386 e. The third-order valence-electron chi connectivity index (χ3n) is 3.52. The SMILES string of the molecule is N#Cc1ccc(-c2ccc(C(O)Cc3ccncc3)nc2)cn1. The minimum absolute atomic E-state index is 0.381. The van der Waals surface area contributed by atoms with Crippen molar-refractivity contribution in [1.29, 1.82) is 5.26 Å². The number of pyridine rings is 3. The molecule has 3 aromatic heterocycles. The van der Waals surface area contributed by atoms with Gasteiger partial charge in [0.1, 0.15) is 11.8 Å². The summed E-state index contributed by atoms with van der Waals surface area (Å²) in [5.74, 6) is 0. The lowest BCUT2D eigenvalue weighted by Gasteiger charge is -2.10. The summed E-state index contributed by atoms with van der Waals surface area (Å²) in [5, 5.41) is 19.0. The maximum absolute atomic E-state index is 10.3. The second kappa shape index (κ2) is 6.77. The van der Waals surface area contributed by atoms with Crippen molar-refractivity contribution in [3.8, 4) is 17.2 Å². The van der Waals surface area contributed by atoms with Gasteiger partial charge in [0.15, 0.2) is 0 Å². The molecule has 0 amide bonds. The molecule has 1 N–H and O–H groups in total. The lowest BCUT2D eigenvalue weighted by Crippen LogP contribution is -2.04. The molecule has 0 bridgehead atoms. The van der Waals surface area contributed by atoms with E-state index in [9.17, 15) is 5.11 Å². The Bertz CT molecular complexity index is 808. The average molecular weight is 302 g/mol. The third kappa shape index (κ3) is 3.57. The van der Waals surface area contributed by atoms with E-state index in [0.29, 0.717) is 17.8 Å². The predicted octanol–water partition coefficient (Wildman–Crippen LogP) is 2.69. The van der Waals surface area contributed by atoms with Gasteiger partial charge >= 0.3 is 0 Å². The second-order valence-electron chi connectivity index (χ2n) is 5.09. The number of hydrogen-bond acceptors (Lipinski definition) is 5. The molecule has 23 heavy (non-hydrogen) atoms. The molecule has 5 heteroatoms. The second-order valence-corrected chi connectivity index (χ2v) is 5.09. The zero-order chi connectivity index (χ0) is 16.1. The van der Waals surface area contributed by atoms with E-state index in [4.69, 9.17) is 5.26 Å². The summed E-state index contributed by atoms with van der Waals surface area (Å²) in [7, 11) is 0. The van der Waals surface area contributed by atoms with Crippen LogP contribution < -0.4 is 0 Å². The first kappa shape index (κ1) is 14.8. The monoisotopic (exact) mass is 302 g/mol. The number of aromatic nitrogens is 3. The molecule has 0 aliphatic carbocycles. The zero-order valence-electron chi connectivity index (χ0n) is 12.3. The first-order valence-corrected chi connectivity index (χ1v) is 7.16. The van der Waals surface area contributed by atoms with Crippen molar-refractivity contribution in [3.05, 3.63) is 78.1 Å². The zero-order valence-corrected chi connectivity index (χ0v) is 12.3. The van der Waals surface area contributed by atoms with Gasteiger partial charge in [-0.1, -0.05) is 6.07 Å². The van der Waals surface area contributed by atoms with Crippen LogP contribution in [-0.4, -0.2) is 20.1 Å². The minimum atomic E-state index is -0.662. The van der Waals surface area contributed by atoms with E-state index in [-0.39, 0.29) is 0 Å². The standard InChI is InChI=1S/C18H14N4O/c19-10-16-3-1-14(11-21-16)15-2-4-17(22-12-15)18(23)9-13-5-7-20-8-6-13/h1-8,11-12,18,23H,9H2. The van der Waals surface area contributed by atoms with Gasteiger partial charge in [0.25, 0.3) is 0 Å². The molecule has 0 saturated heterocycles. The van der Waals surface area contributed by atoms with Gasteiger partial charge in [-0.3, -0.25) is 9.97 Å². The first-order valence-electron chi connectivity index (χ1n) is 7.16. The summed E-state index contributed by atoms with van der Waals surface area (Å²) in [6.07, 6.45) is 6.59. The molecule has 3 aromatic rings. The Hall–Kier alpha value is -3.10. The molecule has 5 nitrogen and oxygen atoms in total. The van der Waals surface area contributed by atoms with Crippen LogP contribution in [0.5, 0.6) is 0 Å². The molecule has 3 heterocycles. The smallest absolute Gasteiger partial charge is 0.140 e. The van der Waals surface area contributed by atoms with Crippen LogP contribution >= 0.6 is 0 Å². The molecule has 0 radical (unpaired) electrons. The topological polar surface area (TPSA) is 82.7 Å². The third-order valence-corrected chi connectivity index (χ3v) is 3.52. The van der Waals surface area contributed by atoms with E-state index in [1.165, 1.54) is 0 Å². The molecule has 0 aliphatic heterocycles. The molecular weight excluding hydrogens is 288 g/mol. The van der Waals surface area contributed by atoms with E-state index < -0.39 is 6.10 Å². The fourth-order valence-corrected chi connectivity index (χ4v) is 2.25. The van der Waals surface area contributed by atoms with E-state index >= 15 is 0 Å². The lowest BCUT2D eigenvalue weighted by atomic mass is 10.0. The highest BCUT2D eigenvalue weighted by Crippen LogP contribution is 2.21. The van der Waals surface area contributed by atoms with Crippen molar-refractivity contribution in [2.24, 2.45) is 0 Å². The maximum atomic E-state index is 10.3. The van der Waals surface area contributed by atoms with Crippen LogP contribution in [0.2, 0.25) is 0 Å². The van der Waals surface area contributed by atoms with Gasteiger partial charge in [0.2, 0.25) is 0 Å². The molecule has 112 valence electrons. The summed E-state index contributed by atoms with van der Waals surface area (Å²) in [6, 6.07) is 12.9. The number of rotatable bonds is 4. The summed E-state index contributed by atoms with van der Waals surface area (Å²) in [6.45, 7) is 0. The molecule has 1 atom stereocenters. The Morgan fingerprint density at radius 3 is 2.22 bits per heavy atom. The highest BCUT2D eigenvalue weighted by atomic mass is 16.3. The first-order chi connectivity index (χ1) is 11.3. The van der Waals surface area contributed by atoms with E-state index in [2.05, 4.69) is 15.0 Å². The molecule has 0 aliphatic rings. The van der Waals surface area contributed by atoms with Crippen LogP contribution in [0.3, 0.4) is 0 Å². The van der Waals surface area contributed by atoms with Gasteiger partial charge in [-0.15, -0.1) is 0 Å². The van der Waals surface area contributed by atoms with Gasteiger partial charge in [-0.25, -0.2) is 4.98 Å². The number of aliphatic hydroxyl groups excluding tert-OH is 1.